The fourth-order valence-corrected chi connectivity index (χ4v) is 2.01. The van der Waals surface area contributed by atoms with Crippen LogP contribution in [0.2, 0.25) is 0 Å². The number of hydrogen-bond acceptors (Lipinski definition) is 2. The minimum atomic E-state index is 0.595. The maximum Gasteiger partial charge on any atom is 0.0164 e. The van der Waals surface area contributed by atoms with Gasteiger partial charge in [0.05, 0.1) is 0 Å². The van der Waals surface area contributed by atoms with Gasteiger partial charge in [-0.05, 0) is 25.6 Å². The summed E-state index contributed by atoms with van der Waals surface area (Å²) in [6.45, 7) is 2.21. The quantitative estimate of drug-likeness (QED) is 0.482. The molecule has 0 saturated carbocycles. The highest BCUT2D eigenvalue weighted by molar-refractivity contribution is 7.99. The van der Waals surface area contributed by atoms with Crippen molar-refractivity contribution in [1.29, 1.82) is 0 Å². The lowest BCUT2D eigenvalue weighted by molar-refractivity contribution is 0.582. The van der Waals surface area contributed by atoms with Crippen molar-refractivity contribution in [2.75, 3.05) is 18.6 Å². The zero-order chi connectivity index (χ0) is 9.23. The summed E-state index contributed by atoms with van der Waals surface area (Å²) in [5.41, 5.74) is 0. The van der Waals surface area contributed by atoms with E-state index in [9.17, 15) is 0 Å². The van der Waals surface area contributed by atoms with Gasteiger partial charge in [-0.2, -0.15) is 11.8 Å². The summed E-state index contributed by atoms with van der Waals surface area (Å²) in [5.74, 6) is 5.12. The Balaban J connectivity index is 3.34. The number of terminal acetylenes is 1. The molecule has 2 heteroatoms. The number of nitrogens with one attached hydrogen (secondary N) is 1. The Labute approximate surface area is 80.7 Å². The first kappa shape index (κ1) is 11.9. The van der Waals surface area contributed by atoms with E-state index in [1.165, 1.54) is 17.9 Å². The van der Waals surface area contributed by atoms with Gasteiger partial charge in [0.2, 0.25) is 0 Å². The van der Waals surface area contributed by atoms with Crippen LogP contribution in [0.15, 0.2) is 0 Å². The monoisotopic (exact) mass is 185 g/mol. The molecule has 0 aromatic heterocycles. The molecule has 0 aliphatic rings. The van der Waals surface area contributed by atoms with Crippen molar-refractivity contribution in [3.63, 3.8) is 0 Å². The van der Waals surface area contributed by atoms with Crippen molar-refractivity contribution in [2.45, 2.75) is 32.2 Å². The van der Waals surface area contributed by atoms with Gasteiger partial charge in [0, 0.05) is 18.2 Å². The first-order chi connectivity index (χ1) is 5.85. The fourth-order valence-electron chi connectivity index (χ4n) is 0.938. The molecule has 0 radical (unpaired) electrons. The Kier molecular flexibility index (Phi) is 8.86. The molecule has 0 bridgehead atoms. The summed E-state index contributed by atoms with van der Waals surface area (Å²) in [6, 6.07) is 0.595. The van der Waals surface area contributed by atoms with E-state index >= 15 is 0 Å². The van der Waals surface area contributed by atoms with Gasteiger partial charge < -0.3 is 5.32 Å². The molecule has 0 heterocycles. The van der Waals surface area contributed by atoms with E-state index in [1.807, 2.05) is 18.8 Å². The maximum atomic E-state index is 5.20. The third-order valence-electron chi connectivity index (χ3n) is 1.71. The van der Waals surface area contributed by atoms with Crippen LogP contribution in [0.25, 0.3) is 0 Å². The zero-order valence-electron chi connectivity index (χ0n) is 8.10. The van der Waals surface area contributed by atoms with E-state index in [2.05, 4.69) is 18.2 Å². The van der Waals surface area contributed by atoms with Crippen LogP contribution in [0.3, 0.4) is 0 Å². The normalized spacial score (nSPS) is 12.4. The van der Waals surface area contributed by atoms with Crippen LogP contribution in [0.4, 0.5) is 0 Å². The van der Waals surface area contributed by atoms with E-state index in [4.69, 9.17) is 6.42 Å². The van der Waals surface area contributed by atoms with Gasteiger partial charge in [-0.1, -0.05) is 6.92 Å². The zero-order valence-corrected chi connectivity index (χ0v) is 8.91. The van der Waals surface area contributed by atoms with Crippen LogP contribution >= 0.6 is 11.8 Å². The molecule has 1 N–H and O–H groups in total. The van der Waals surface area contributed by atoms with Crippen molar-refractivity contribution in [1.82, 2.24) is 5.32 Å². The number of thioether (sulfide) groups is 1. The van der Waals surface area contributed by atoms with Gasteiger partial charge in [0.1, 0.15) is 0 Å². The highest BCUT2D eigenvalue weighted by Crippen LogP contribution is 2.07. The van der Waals surface area contributed by atoms with Crippen molar-refractivity contribution in [3.8, 4) is 12.3 Å². The maximum absolute atomic E-state index is 5.20. The molecule has 0 rings (SSSR count). The summed E-state index contributed by atoms with van der Waals surface area (Å²) >= 11 is 2.01. The molecule has 0 fully saturated rings. The standard InChI is InChI=1S/C10H19NS/c1-4-6-7-10(11-3)9-12-8-5-2/h1,10-11H,5-9H2,2-3H3. The second kappa shape index (κ2) is 8.96. The minimum absolute atomic E-state index is 0.595. The largest absolute Gasteiger partial charge is 0.316 e. The highest BCUT2D eigenvalue weighted by Gasteiger charge is 2.03. The molecule has 70 valence electrons. The molecule has 12 heavy (non-hydrogen) atoms. The van der Waals surface area contributed by atoms with Gasteiger partial charge in [-0.25, -0.2) is 0 Å². The van der Waals surface area contributed by atoms with Crippen LogP contribution < -0.4 is 5.32 Å². The lowest BCUT2D eigenvalue weighted by atomic mass is 10.2. The molecule has 0 aliphatic carbocycles. The summed E-state index contributed by atoms with van der Waals surface area (Å²) in [6.07, 6.45) is 8.45. The van der Waals surface area contributed by atoms with Crippen molar-refractivity contribution >= 4 is 11.8 Å². The summed E-state index contributed by atoms with van der Waals surface area (Å²) in [4.78, 5) is 0. The topological polar surface area (TPSA) is 12.0 Å². The van der Waals surface area contributed by atoms with Crippen LogP contribution in [0.5, 0.6) is 0 Å². The van der Waals surface area contributed by atoms with E-state index in [1.54, 1.807) is 0 Å². The second-order valence-electron chi connectivity index (χ2n) is 2.80. The number of hydrogen-bond donors (Lipinski definition) is 1. The van der Waals surface area contributed by atoms with Crippen molar-refractivity contribution < 1.29 is 0 Å². The average molecular weight is 185 g/mol. The smallest absolute Gasteiger partial charge is 0.0164 e. The van der Waals surface area contributed by atoms with Gasteiger partial charge in [-0.15, -0.1) is 12.3 Å². The predicted octanol–water partition coefficient (Wildman–Crippen LogP) is 2.13. The SMILES string of the molecule is C#CCCC(CSCCC)NC. The molecule has 1 nitrogen and oxygen atoms in total. The lowest BCUT2D eigenvalue weighted by Gasteiger charge is -2.13. The molecule has 0 amide bonds. The lowest BCUT2D eigenvalue weighted by Crippen LogP contribution is -2.27. The third-order valence-corrected chi connectivity index (χ3v) is 3.05. The Morgan fingerprint density at radius 1 is 1.58 bits per heavy atom. The molecular weight excluding hydrogens is 166 g/mol. The van der Waals surface area contributed by atoms with E-state index in [0.717, 1.165) is 12.8 Å². The average Bonchev–Trinajstić information content (AvgIpc) is 2.11. The molecule has 0 saturated heterocycles. The Bertz CT molecular complexity index is 128. The van der Waals surface area contributed by atoms with Gasteiger partial charge in [-0.3, -0.25) is 0 Å². The molecule has 0 aliphatic heterocycles. The molecule has 0 aromatic rings. The van der Waals surface area contributed by atoms with E-state index in [-0.39, 0.29) is 0 Å². The number of rotatable bonds is 7. The Hall–Kier alpha value is -0.130. The predicted molar refractivity (Wildman–Crippen MR) is 58.5 cm³/mol. The van der Waals surface area contributed by atoms with Gasteiger partial charge in [0.25, 0.3) is 0 Å². The minimum Gasteiger partial charge on any atom is -0.316 e. The first-order valence-electron chi connectivity index (χ1n) is 4.53. The Morgan fingerprint density at radius 2 is 2.33 bits per heavy atom. The first-order valence-corrected chi connectivity index (χ1v) is 5.69. The highest BCUT2D eigenvalue weighted by atomic mass is 32.2. The van der Waals surface area contributed by atoms with Crippen molar-refractivity contribution in [2.24, 2.45) is 0 Å². The van der Waals surface area contributed by atoms with E-state index < -0.39 is 0 Å². The van der Waals surface area contributed by atoms with E-state index in [0.29, 0.717) is 6.04 Å². The summed E-state index contributed by atoms with van der Waals surface area (Å²) in [5, 5.41) is 3.28. The van der Waals surface area contributed by atoms with Crippen molar-refractivity contribution in [3.05, 3.63) is 0 Å². The van der Waals surface area contributed by atoms with Crippen LogP contribution in [0.1, 0.15) is 26.2 Å². The molecule has 1 atom stereocenters. The van der Waals surface area contributed by atoms with Gasteiger partial charge >= 0.3 is 0 Å². The molecular formula is C10H19NS. The molecule has 0 aromatic carbocycles. The summed E-state index contributed by atoms with van der Waals surface area (Å²) < 4.78 is 0. The van der Waals surface area contributed by atoms with Crippen LogP contribution in [-0.2, 0) is 0 Å². The van der Waals surface area contributed by atoms with Crippen LogP contribution in [-0.4, -0.2) is 24.6 Å². The molecule has 0 spiro atoms. The van der Waals surface area contributed by atoms with Crippen LogP contribution in [0, 0.1) is 12.3 Å². The summed E-state index contributed by atoms with van der Waals surface area (Å²) in [7, 11) is 2.01. The second-order valence-corrected chi connectivity index (χ2v) is 3.95. The van der Waals surface area contributed by atoms with Gasteiger partial charge in [0.15, 0.2) is 0 Å². The fraction of sp³-hybridized carbons (Fsp3) is 0.800. The Morgan fingerprint density at radius 3 is 2.83 bits per heavy atom. The third kappa shape index (κ3) is 6.57. The molecule has 1 unspecified atom stereocenters.